The van der Waals surface area contributed by atoms with Gasteiger partial charge >= 0.3 is 0 Å². The van der Waals surface area contributed by atoms with Gasteiger partial charge in [0.05, 0.1) is 17.2 Å². The molecular weight excluding hydrogens is 313 g/mol. The Morgan fingerprint density at radius 3 is 2.84 bits per heavy atom. The summed E-state index contributed by atoms with van der Waals surface area (Å²) < 4.78 is 19.3. The Balaban J connectivity index is 1.72. The molecule has 0 saturated heterocycles. The normalized spacial score (nSPS) is 15.7. The molecule has 0 unspecified atom stereocenters. The van der Waals surface area contributed by atoms with E-state index < -0.39 is 5.82 Å². The Morgan fingerprint density at radius 1 is 1.42 bits per heavy atom. The van der Waals surface area contributed by atoms with Gasteiger partial charge in [-0.1, -0.05) is 12.8 Å². The summed E-state index contributed by atoms with van der Waals surface area (Å²) in [6.45, 7) is 0.961. The summed E-state index contributed by atoms with van der Waals surface area (Å²) in [4.78, 5) is 11.8. The summed E-state index contributed by atoms with van der Waals surface area (Å²) in [7, 11) is 0. The molecule has 104 valence electrons. The Kier molecular flexibility index (Phi) is 5.34. The van der Waals surface area contributed by atoms with E-state index in [9.17, 15) is 9.18 Å². The molecule has 1 saturated carbocycles. The summed E-state index contributed by atoms with van der Waals surface area (Å²) in [5.74, 6) is -0.712. The SMILES string of the molecule is O=C(NCCOC1CCCC1)c1ccc(Br)c(F)c1. The number of hydrogen-bond acceptors (Lipinski definition) is 2. The zero-order valence-corrected chi connectivity index (χ0v) is 12.2. The number of carbonyl (C=O) groups is 1. The van der Waals surface area contributed by atoms with Crippen LogP contribution in [-0.2, 0) is 4.74 Å². The third-order valence-electron chi connectivity index (χ3n) is 3.23. The van der Waals surface area contributed by atoms with Gasteiger partial charge in [-0.2, -0.15) is 0 Å². The van der Waals surface area contributed by atoms with Gasteiger partial charge in [-0.15, -0.1) is 0 Å². The predicted octanol–water partition coefficient (Wildman–Crippen LogP) is 3.28. The van der Waals surface area contributed by atoms with Crippen molar-refractivity contribution in [3.8, 4) is 0 Å². The van der Waals surface area contributed by atoms with Gasteiger partial charge in [0.25, 0.3) is 5.91 Å². The Bertz CT molecular complexity index is 447. The van der Waals surface area contributed by atoms with E-state index in [-0.39, 0.29) is 5.91 Å². The van der Waals surface area contributed by atoms with Crippen LogP contribution in [0.2, 0.25) is 0 Å². The first-order valence-corrected chi connectivity index (χ1v) is 7.31. The molecule has 1 fully saturated rings. The molecule has 1 N–H and O–H groups in total. The average Bonchev–Trinajstić information content (AvgIpc) is 2.91. The number of ether oxygens (including phenoxy) is 1. The molecule has 3 nitrogen and oxygen atoms in total. The van der Waals surface area contributed by atoms with Crippen molar-refractivity contribution in [1.82, 2.24) is 5.32 Å². The molecule has 0 radical (unpaired) electrons. The van der Waals surface area contributed by atoms with E-state index in [0.717, 1.165) is 12.8 Å². The molecule has 19 heavy (non-hydrogen) atoms. The third-order valence-corrected chi connectivity index (χ3v) is 3.87. The molecule has 1 aliphatic rings. The third kappa shape index (κ3) is 4.28. The van der Waals surface area contributed by atoms with Crippen molar-refractivity contribution in [2.45, 2.75) is 31.8 Å². The highest BCUT2D eigenvalue weighted by molar-refractivity contribution is 9.10. The summed E-state index contributed by atoms with van der Waals surface area (Å²) in [5, 5.41) is 2.72. The highest BCUT2D eigenvalue weighted by Gasteiger charge is 2.15. The van der Waals surface area contributed by atoms with Crippen molar-refractivity contribution in [2.24, 2.45) is 0 Å². The Hall–Kier alpha value is -0.940. The Morgan fingerprint density at radius 2 is 2.16 bits per heavy atom. The molecule has 1 aromatic carbocycles. The fourth-order valence-corrected chi connectivity index (χ4v) is 2.43. The predicted molar refractivity (Wildman–Crippen MR) is 74.6 cm³/mol. The van der Waals surface area contributed by atoms with Gasteiger partial charge in [0.15, 0.2) is 0 Å². The molecule has 1 aromatic rings. The van der Waals surface area contributed by atoms with Crippen molar-refractivity contribution >= 4 is 21.8 Å². The van der Waals surface area contributed by atoms with Crippen LogP contribution < -0.4 is 5.32 Å². The van der Waals surface area contributed by atoms with E-state index in [2.05, 4.69) is 21.2 Å². The van der Waals surface area contributed by atoms with Crippen LogP contribution in [-0.4, -0.2) is 25.2 Å². The molecule has 1 amide bonds. The zero-order chi connectivity index (χ0) is 13.7. The number of hydrogen-bond donors (Lipinski definition) is 1. The van der Waals surface area contributed by atoms with E-state index in [1.807, 2.05) is 0 Å². The molecule has 0 bridgehead atoms. The molecular formula is C14H17BrFNO2. The second-order valence-electron chi connectivity index (χ2n) is 4.66. The van der Waals surface area contributed by atoms with Crippen LogP contribution in [0.5, 0.6) is 0 Å². The number of rotatable bonds is 5. The lowest BCUT2D eigenvalue weighted by atomic mass is 10.2. The highest BCUT2D eigenvalue weighted by Crippen LogP contribution is 2.20. The summed E-state index contributed by atoms with van der Waals surface area (Å²) in [6.07, 6.45) is 5.05. The molecule has 0 spiro atoms. The van der Waals surface area contributed by atoms with Crippen LogP contribution in [0.15, 0.2) is 22.7 Å². The zero-order valence-electron chi connectivity index (χ0n) is 10.6. The van der Waals surface area contributed by atoms with Crippen LogP contribution in [0.3, 0.4) is 0 Å². The van der Waals surface area contributed by atoms with Crippen LogP contribution in [0.1, 0.15) is 36.0 Å². The van der Waals surface area contributed by atoms with Gasteiger partial charge < -0.3 is 10.1 Å². The van der Waals surface area contributed by atoms with Gasteiger partial charge in [-0.05, 0) is 47.0 Å². The number of nitrogens with one attached hydrogen (secondary N) is 1. The first-order valence-electron chi connectivity index (χ1n) is 6.51. The molecule has 0 aliphatic heterocycles. The van der Waals surface area contributed by atoms with Crippen molar-refractivity contribution in [3.05, 3.63) is 34.1 Å². The molecule has 2 rings (SSSR count). The van der Waals surface area contributed by atoms with Crippen LogP contribution in [0.4, 0.5) is 4.39 Å². The average molecular weight is 330 g/mol. The van der Waals surface area contributed by atoms with Crippen LogP contribution >= 0.6 is 15.9 Å². The summed E-state index contributed by atoms with van der Waals surface area (Å²) >= 11 is 3.05. The van der Waals surface area contributed by atoms with Gasteiger partial charge in [0.1, 0.15) is 5.82 Å². The molecule has 0 heterocycles. The standard InChI is InChI=1S/C14H17BrFNO2/c15-12-6-5-10(9-13(12)16)14(18)17-7-8-19-11-3-1-2-4-11/h5-6,9,11H,1-4,7-8H2,(H,17,18). The van der Waals surface area contributed by atoms with Gasteiger partial charge in [0, 0.05) is 12.1 Å². The van der Waals surface area contributed by atoms with Crippen molar-refractivity contribution in [3.63, 3.8) is 0 Å². The monoisotopic (exact) mass is 329 g/mol. The minimum atomic E-state index is -0.435. The fraction of sp³-hybridized carbons (Fsp3) is 0.500. The van der Waals surface area contributed by atoms with E-state index in [1.54, 1.807) is 6.07 Å². The van der Waals surface area contributed by atoms with Crippen molar-refractivity contribution in [2.75, 3.05) is 13.2 Å². The summed E-state index contributed by atoms with van der Waals surface area (Å²) in [6, 6.07) is 4.33. The molecule has 1 aliphatic carbocycles. The first kappa shape index (κ1) is 14.5. The second-order valence-corrected chi connectivity index (χ2v) is 5.52. The maximum Gasteiger partial charge on any atom is 0.251 e. The van der Waals surface area contributed by atoms with Crippen molar-refractivity contribution < 1.29 is 13.9 Å². The van der Waals surface area contributed by atoms with Gasteiger partial charge in [-0.3, -0.25) is 4.79 Å². The maximum absolute atomic E-state index is 13.3. The number of halogens is 2. The number of carbonyl (C=O) groups excluding carboxylic acids is 1. The molecule has 5 heteroatoms. The quantitative estimate of drug-likeness (QED) is 0.842. The highest BCUT2D eigenvalue weighted by atomic mass is 79.9. The second kappa shape index (κ2) is 7.01. The lowest BCUT2D eigenvalue weighted by molar-refractivity contribution is 0.0582. The maximum atomic E-state index is 13.3. The number of benzene rings is 1. The lowest BCUT2D eigenvalue weighted by Crippen LogP contribution is -2.28. The van der Waals surface area contributed by atoms with Crippen molar-refractivity contribution in [1.29, 1.82) is 0 Å². The van der Waals surface area contributed by atoms with E-state index >= 15 is 0 Å². The van der Waals surface area contributed by atoms with Crippen LogP contribution in [0.25, 0.3) is 0 Å². The summed E-state index contributed by atoms with van der Waals surface area (Å²) in [5.41, 5.74) is 0.321. The van der Waals surface area contributed by atoms with Crippen LogP contribution in [0, 0.1) is 5.82 Å². The largest absolute Gasteiger partial charge is 0.376 e. The number of amides is 1. The Labute approximate surface area is 120 Å². The topological polar surface area (TPSA) is 38.3 Å². The van der Waals surface area contributed by atoms with E-state index in [0.29, 0.717) is 29.3 Å². The van der Waals surface area contributed by atoms with E-state index in [4.69, 9.17) is 4.74 Å². The fourth-order valence-electron chi connectivity index (χ4n) is 2.18. The van der Waals surface area contributed by atoms with Gasteiger partial charge in [0.2, 0.25) is 0 Å². The lowest BCUT2D eigenvalue weighted by Gasteiger charge is -2.11. The van der Waals surface area contributed by atoms with E-state index in [1.165, 1.54) is 25.0 Å². The molecule has 0 aromatic heterocycles. The minimum Gasteiger partial charge on any atom is -0.376 e. The smallest absolute Gasteiger partial charge is 0.251 e. The first-order chi connectivity index (χ1) is 9.16. The van der Waals surface area contributed by atoms with Gasteiger partial charge in [-0.25, -0.2) is 4.39 Å². The minimum absolute atomic E-state index is 0.276. The molecule has 0 atom stereocenters.